The summed E-state index contributed by atoms with van der Waals surface area (Å²) >= 11 is 0. The fraction of sp³-hybridized carbons (Fsp3) is 0.429. The van der Waals surface area contributed by atoms with Crippen molar-refractivity contribution in [1.82, 2.24) is 0 Å². The summed E-state index contributed by atoms with van der Waals surface area (Å²) in [5, 5.41) is 7.00. The molecule has 0 amide bonds. The van der Waals surface area contributed by atoms with E-state index in [0.29, 0.717) is 0 Å². The standard InChI is InChI=1S/C6H7FO.CH4O.Am/c1-4-6(7,5-2)8-3;1-2;/h1-2,4-5H,3H3;2H,1H3;/q-2;;. The number of ether oxygens (including phenoxy) is 1. The molecule has 0 spiro atoms. The van der Waals surface area contributed by atoms with Gasteiger partial charge in [-0.15, -0.1) is 0 Å². The summed E-state index contributed by atoms with van der Waals surface area (Å²) in [6, 6.07) is 0. The topological polar surface area (TPSA) is 29.5 Å². The average Bonchev–Trinajstić information content (AvgIpc) is 2.07. The van der Waals surface area contributed by atoms with Crippen molar-refractivity contribution in [1.29, 1.82) is 0 Å². The summed E-state index contributed by atoms with van der Waals surface area (Å²) in [5.41, 5.74) is 0. The Balaban J connectivity index is -0.000000196. The Morgan fingerprint density at radius 2 is 1.64 bits per heavy atom. The van der Waals surface area contributed by atoms with Crippen LogP contribution in [0.25, 0.3) is 0 Å². The molecule has 0 atom stereocenters. The molecule has 0 unspecified atom stereocenters. The van der Waals surface area contributed by atoms with Crippen molar-refractivity contribution in [3.05, 3.63) is 25.3 Å². The largest absolute Gasteiger partial charge is 0.512 e. The molecular formula is C7H11AmFO2-2. The zero-order valence-electron chi connectivity index (χ0n) is 6.42. The van der Waals surface area contributed by atoms with Gasteiger partial charge in [-0.2, -0.15) is 0 Å². The molecule has 1 N–H and O–H groups in total. The van der Waals surface area contributed by atoms with Crippen molar-refractivity contribution in [3.8, 4) is 0 Å². The van der Waals surface area contributed by atoms with Crippen LogP contribution in [0.15, 0.2) is 12.2 Å². The molecule has 0 rings (SSSR count). The third-order valence-electron chi connectivity index (χ3n) is 0.767. The first-order chi connectivity index (χ1) is 4.68. The Hall–Kier alpha value is -0.280. The van der Waals surface area contributed by atoms with E-state index in [0.717, 1.165) is 19.3 Å². The fourth-order valence-electron chi connectivity index (χ4n) is 0.192. The predicted molar refractivity (Wildman–Crippen MR) is 36.7 cm³/mol. The third-order valence-corrected chi connectivity index (χ3v) is 0.767. The molecule has 0 heterocycles. The Kier molecular flexibility index (Phi) is 15.0. The third kappa shape index (κ3) is 7.62. The molecule has 4 heteroatoms. The first-order valence-corrected chi connectivity index (χ1v) is 2.49. The number of aliphatic hydroxyl groups is 1. The molecule has 67 valence electrons. The molecular weight excluding hydrogens is 378 g/mol. The van der Waals surface area contributed by atoms with Gasteiger partial charge in [-0.1, -0.05) is 0 Å². The number of halogens is 1. The van der Waals surface area contributed by atoms with Crippen LogP contribution in [0, 0.1) is 27.4 Å². The van der Waals surface area contributed by atoms with Crippen LogP contribution in [0.2, 0.25) is 0 Å². The first kappa shape index (κ1) is 17.0. The normalized spacial score (nSPS) is 12.7. The SMILES string of the molecule is CO.[Am].[CH-]=CC(F)(C=[CH-])OC. The van der Waals surface area contributed by atoms with E-state index >= 15 is 0 Å². The number of methoxy groups -OCH3 is 1. The summed E-state index contributed by atoms with van der Waals surface area (Å²) in [6.07, 6.45) is 1.46. The van der Waals surface area contributed by atoms with E-state index in [9.17, 15) is 4.39 Å². The van der Waals surface area contributed by atoms with E-state index < -0.39 is 5.85 Å². The fourth-order valence-corrected chi connectivity index (χ4v) is 0.192. The maximum absolute atomic E-state index is 12.4. The Bertz CT molecular complexity index is 98.6. The van der Waals surface area contributed by atoms with Gasteiger partial charge in [0.05, 0.1) is 0 Å². The van der Waals surface area contributed by atoms with Crippen LogP contribution < -0.4 is 0 Å². The number of aliphatic hydroxyl groups excluding tert-OH is 1. The van der Waals surface area contributed by atoms with Gasteiger partial charge in [0.1, 0.15) is 0 Å². The van der Waals surface area contributed by atoms with Gasteiger partial charge in [-0.05, 0) is 0 Å². The van der Waals surface area contributed by atoms with Gasteiger partial charge < -0.3 is 23.0 Å². The molecule has 11 heavy (non-hydrogen) atoms. The zero-order chi connectivity index (χ0) is 8.62. The monoisotopic (exact) mass is 387 g/mol. The second kappa shape index (κ2) is 9.72. The van der Waals surface area contributed by atoms with E-state index in [2.05, 4.69) is 4.74 Å². The molecule has 2 nitrogen and oxygen atoms in total. The van der Waals surface area contributed by atoms with E-state index in [1.54, 1.807) is 0 Å². The number of hydrogen-bond acceptors (Lipinski definition) is 2. The number of hydrogen-bond donors (Lipinski definition) is 1. The smallest absolute Gasteiger partial charge is 0.183 e. The van der Waals surface area contributed by atoms with Crippen LogP contribution in [0.5, 0.6) is 0 Å². The maximum atomic E-state index is 12.4. The van der Waals surface area contributed by atoms with Crippen molar-refractivity contribution in [2.24, 2.45) is 0 Å². The molecule has 1 radical (unpaired) electrons. The molecule has 0 aliphatic rings. The van der Waals surface area contributed by atoms with Gasteiger partial charge in [0, 0.05) is 28.5 Å². The Morgan fingerprint density at radius 3 is 1.64 bits per heavy atom. The van der Waals surface area contributed by atoms with E-state index in [-0.39, 0.29) is 14.3 Å². The van der Waals surface area contributed by atoms with E-state index in [4.69, 9.17) is 18.3 Å². The van der Waals surface area contributed by atoms with Crippen molar-refractivity contribution in [2.75, 3.05) is 14.2 Å². The number of rotatable bonds is 3. The van der Waals surface area contributed by atoms with Gasteiger partial charge in [-0.3, -0.25) is 0 Å². The summed E-state index contributed by atoms with van der Waals surface area (Å²) in [6.45, 7) is 9.58. The molecule has 0 aromatic rings. The molecule has 0 aliphatic carbocycles. The summed E-state index contributed by atoms with van der Waals surface area (Å²) < 4.78 is 16.6. The van der Waals surface area contributed by atoms with Crippen LogP contribution in [0.3, 0.4) is 0 Å². The van der Waals surface area contributed by atoms with Crippen LogP contribution in [-0.2, 0) is 4.74 Å². The van der Waals surface area contributed by atoms with Gasteiger partial charge in [0.15, 0.2) is 5.85 Å². The molecule has 0 saturated heterocycles. The second-order valence-corrected chi connectivity index (χ2v) is 1.24. The molecule has 0 bridgehead atoms. The minimum absolute atomic E-state index is 0. The summed E-state index contributed by atoms with van der Waals surface area (Å²) in [4.78, 5) is 0. The summed E-state index contributed by atoms with van der Waals surface area (Å²) in [5.74, 6) is -2.07. The van der Waals surface area contributed by atoms with Crippen LogP contribution in [-0.4, -0.2) is 25.2 Å². The van der Waals surface area contributed by atoms with Crippen LogP contribution >= 0.6 is 0 Å². The predicted octanol–water partition coefficient (Wildman–Crippen LogP) is 0.885. The summed E-state index contributed by atoms with van der Waals surface area (Å²) in [7, 11) is 2.17. The average molecular weight is 389 g/mol. The molecule has 0 aromatic carbocycles. The van der Waals surface area contributed by atoms with Crippen molar-refractivity contribution < 1.29 is 28.5 Å². The van der Waals surface area contributed by atoms with E-state index in [1.165, 1.54) is 7.11 Å². The van der Waals surface area contributed by atoms with Crippen molar-refractivity contribution in [2.45, 2.75) is 5.85 Å². The molecule has 0 saturated carbocycles. The molecule has 0 aliphatic heterocycles. The van der Waals surface area contributed by atoms with Crippen molar-refractivity contribution in [3.63, 3.8) is 0 Å². The first-order valence-electron chi connectivity index (χ1n) is 2.49. The van der Waals surface area contributed by atoms with Crippen LogP contribution in [0.1, 0.15) is 0 Å². The Labute approximate surface area is 74.6 Å². The number of alkyl halides is 1. The van der Waals surface area contributed by atoms with Crippen LogP contribution in [0.4, 0.5) is 4.39 Å². The van der Waals surface area contributed by atoms with Crippen molar-refractivity contribution >= 4 is 0 Å². The molecule has 0 aromatic heterocycles. The maximum Gasteiger partial charge on any atom is 0.183 e. The van der Waals surface area contributed by atoms with Gasteiger partial charge in [-0.25, -0.2) is 16.5 Å². The van der Waals surface area contributed by atoms with Gasteiger partial charge in [0.2, 0.25) is 0 Å². The van der Waals surface area contributed by atoms with Gasteiger partial charge in [0.25, 0.3) is 0 Å². The zero-order valence-corrected chi connectivity index (χ0v) is 9.57. The quantitative estimate of drug-likeness (QED) is 0.727. The minimum atomic E-state index is -2.07. The Morgan fingerprint density at radius 1 is 1.36 bits per heavy atom. The second-order valence-electron chi connectivity index (χ2n) is 1.24. The minimum Gasteiger partial charge on any atom is -0.512 e. The van der Waals surface area contributed by atoms with Gasteiger partial charge >= 0.3 is 0 Å². The van der Waals surface area contributed by atoms with E-state index in [1.807, 2.05) is 0 Å². The molecule has 0 fully saturated rings.